The van der Waals surface area contributed by atoms with E-state index in [0.29, 0.717) is 16.3 Å². The molecule has 23 heavy (non-hydrogen) atoms. The summed E-state index contributed by atoms with van der Waals surface area (Å²) in [5, 5.41) is 1.40. The van der Waals surface area contributed by atoms with E-state index < -0.39 is 0 Å². The van der Waals surface area contributed by atoms with Gasteiger partial charge in [0.1, 0.15) is 0 Å². The highest BCUT2D eigenvalue weighted by molar-refractivity contribution is 7.99. The third-order valence-corrected chi connectivity index (χ3v) is 4.63. The first-order chi connectivity index (χ1) is 11.2. The van der Waals surface area contributed by atoms with Crippen LogP contribution in [0, 0.1) is 0 Å². The maximum Gasteiger partial charge on any atom is 0.229 e. The van der Waals surface area contributed by atoms with Crippen LogP contribution in [0.3, 0.4) is 0 Å². The molecule has 0 bridgehead atoms. The van der Waals surface area contributed by atoms with Crippen molar-refractivity contribution in [3.63, 3.8) is 0 Å². The molecule has 6 heteroatoms. The van der Waals surface area contributed by atoms with Gasteiger partial charge in [0.2, 0.25) is 5.95 Å². The van der Waals surface area contributed by atoms with E-state index in [4.69, 9.17) is 0 Å². The second-order valence-electron chi connectivity index (χ2n) is 4.93. The monoisotopic (exact) mass is 340 g/mol. The van der Waals surface area contributed by atoms with Gasteiger partial charge in [-0.25, -0.2) is 0 Å². The van der Waals surface area contributed by atoms with Crippen molar-refractivity contribution in [2.75, 3.05) is 19.0 Å². The van der Waals surface area contributed by atoms with E-state index in [9.17, 15) is 0 Å². The number of anilines is 1. The van der Waals surface area contributed by atoms with E-state index >= 15 is 0 Å². The molecule has 0 saturated carbocycles. The Balaban J connectivity index is 1.90. The van der Waals surface area contributed by atoms with E-state index in [1.807, 2.05) is 79.7 Å². The number of aromatic nitrogens is 3. The molecule has 3 rings (SSSR count). The molecule has 0 saturated heterocycles. The molecule has 0 N–H and O–H groups in total. The summed E-state index contributed by atoms with van der Waals surface area (Å²) in [6.07, 6.45) is 0. The Kier molecular flexibility index (Phi) is 5.15. The van der Waals surface area contributed by atoms with E-state index in [1.165, 1.54) is 0 Å². The van der Waals surface area contributed by atoms with Gasteiger partial charge in [0.15, 0.2) is 10.3 Å². The van der Waals surface area contributed by atoms with Crippen LogP contribution in [0.4, 0.5) is 5.95 Å². The van der Waals surface area contributed by atoms with Gasteiger partial charge < -0.3 is 4.90 Å². The zero-order chi connectivity index (χ0) is 16.1. The summed E-state index contributed by atoms with van der Waals surface area (Å²) in [6.45, 7) is 0. The molecule has 0 aliphatic heterocycles. The van der Waals surface area contributed by atoms with Crippen LogP contribution in [0.1, 0.15) is 0 Å². The first-order valence-corrected chi connectivity index (χ1v) is 8.73. The SMILES string of the molecule is CN(C)c1nc(Sc2ccccc2)nc(Sc2ccccc2)n1. The van der Waals surface area contributed by atoms with Crippen LogP contribution in [0.15, 0.2) is 80.8 Å². The van der Waals surface area contributed by atoms with Gasteiger partial charge in [0.05, 0.1) is 0 Å². The second kappa shape index (κ2) is 7.48. The van der Waals surface area contributed by atoms with Gasteiger partial charge in [0.25, 0.3) is 0 Å². The largest absolute Gasteiger partial charge is 0.347 e. The number of hydrogen-bond donors (Lipinski definition) is 0. The van der Waals surface area contributed by atoms with E-state index in [-0.39, 0.29) is 0 Å². The number of hydrogen-bond acceptors (Lipinski definition) is 6. The quantitative estimate of drug-likeness (QED) is 0.692. The minimum absolute atomic E-state index is 0.664. The Morgan fingerprint density at radius 1 is 0.652 bits per heavy atom. The molecule has 0 aliphatic carbocycles. The highest BCUT2D eigenvalue weighted by Gasteiger charge is 2.10. The lowest BCUT2D eigenvalue weighted by atomic mass is 10.4. The minimum atomic E-state index is 0.664. The number of benzene rings is 2. The number of rotatable bonds is 5. The standard InChI is InChI=1S/C17H16N4S2/c1-21(2)15-18-16(22-13-9-5-3-6-10-13)20-17(19-15)23-14-11-7-4-8-12-14/h3-12H,1-2H3. The van der Waals surface area contributed by atoms with Crippen molar-refractivity contribution in [3.8, 4) is 0 Å². The van der Waals surface area contributed by atoms with E-state index in [2.05, 4.69) is 15.0 Å². The third kappa shape index (κ3) is 4.46. The van der Waals surface area contributed by atoms with Crippen LogP contribution >= 0.6 is 23.5 Å². The summed E-state index contributed by atoms with van der Waals surface area (Å²) in [6, 6.07) is 20.2. The smallest absolute Gasteiger partial charge is 0.229 e. The Bertz CT molecular complexity index is 704. The molecule has 0 fully saturated rings. The summed E-state index contributed by atoms with van der Waals surface area (Å²) in [5.41, 5.74) is 0. The molecule has 0 aliphatic rings. The third-order valence-electron chi connectivity index (χ3n) is 2.89. The first-order valence-electron chi connectivity index (χ1n) is 7.10. The predicted octanol–water partition coefficient (Wildman–Crippen LogP) is 4.24. The van der Waals surface area contributed by atoms with Crippen molar-refractivity contribution >= 4 is 29.5 Å². The molecule has 0 unspecified atom stereocenters. The van der Waals surface area contributed by atoms with E-state index in [0.717, 1.165) is 9.79 Å². The van der Waals surface area contributed by atoms with Gasteiger partial charge in [0, 0.05) is 23.9 Å². The Morgan fingerprint density at radius 3 is 1.48 bits per heavy atom. The highest BCUT2D eigenvalue weighted by atomic mass is 32.2. The molecule has 2 aromatic carbocycles. The lowest BCUT2D eigenvalue weighted by Gasteiger charge is -2.12. The first kappa shape index (κ1) is 15.8. The van der Waals surface area contributed by atoms with Gasteiger partial charge >= 0.3 is 0 Å². The molecule has 0 atom stereocenters. The Morgan fingerprint density at radius 2 is 1.09 bits per heavy atom. The zero-order valence-corrected chi connectivity index (χ0v) is 14.5. The van der Waals surface area contributed by atoms with Crippen LogP contribution < -0.4 is 4.90 Å². The summed E-state index contributed by atoms with van der Waals surface area (Å²) < 4.78 is 0. The van der Waals surface area contributed by atoms with E-state index in [1.54, 1.807) is 23.5 Å². The number of nitrogens with zero attached hydrogens (tertiary/aromatic N) is 4. The molecule has 116 valence electrons. The Labute approximate surface area is 144 Å². The second-order valence-corrected chi connectivity index (χ2v) is 7.01. The van der Waals surface area contributed by atoms with Gasteiger partial charge in [-0.1, -0.05) is 36.4 Å². The topological polar surface area (TPSA) is 41.9 Å². The fraction of sp³-hybridized carbons (Fsp3) is 0.118. The van der Waals surface area contributed by atoms with Gasteiger partial charge in [-0.2, -0.15) is 15.0 Å². The maximum absolute atomic E-state index is 4.58. The molecule has 3 aromatic rings. The molecule has 0 spiro atoms. The van der Waals surface area contributed by atoms with Crippen LogP contribution in [-0.2, 0) is 0 Å². The normalized spacial score (nSPS) is 10.5. The van der Waals surface area contributed by atoms with Crippen molar-refractivity contribution < 1.29 is 0 Å². The summed E-state index contributed by atoms with van der Waals surface area (Å²) in [7, 11) is 3.87. The summed E-state index contributed by atoms with van der Waals surface area (Å²) in [4.78, 5) is 17.7. The molecular weight excluding hydrogens is 324 g/mol. The average Bonchev–Trinajstić information content (AvgIpc) is 2.56. The van der Waals surface area contributed by atoms with Crippen molar-refractivity contribution in [1.29, 1.82) is 0 Å². The van der Waals surface area contributed by atoms with Crippen LogP contribution in [0.2, 0.25) is 0 Å². The van der Waals surface area contributed by atoms with Crippen LogP contribution in [0.25, 0.3) is 0 Å². The Hall–Kier alpha value is -2.05. The maximum atomic E-state index is 4.58. The van der Waals surface area contributed by atoms with Crippen LogP contribution in [-0.4, -0.2) is 29.0 Å². The van der Waals surface area contributed by atoms with Crippen LogP contribution in [0.5, 0.6) is 0 Å². The molecule has 0 radical (unpaired) electrons. The molecule has 1 heterocycles. The fourth-order valence-electron chi connectivity index (χ4n) is 1.81. The van der Waals surface area contributed by atoms with Crippen molar-refractivity contribution in [1.82, 2.24) is 15.0 Å². The van der Waals surface area contributed by atoms with Crippen molar-refractivity contribution in [2.24, 2.45) is 0 Å². The zero-order valence-electron chi connectivity index (χ0n) is 12.9. The molecule has 0 amide bonds. The molecule has 1 aromatic heterocycles. The van der Waals surface area contributed by atoms with Gasteiger partial charge in [-0.05, 0) is 47.8 Å². The minimum Gasteiger partial charge on any atom is -0.347 e. The van der Waals surface area contributed by atoms with Gasteiger partial charge in [-0.3, -0.25) is 0 Å². The lowest BCUT2D eigenvalue weighted by Crippen LogP contribution is -2.14. The molecule has 4 nitrogen and oxygen atoms in total. The average molecular weight is 340 g/mol. The summed E-state index contributed by atoms with van der Waals surface area (Å²) in [5.74, 6) is 0.664. The summed E-state index contributed by atoms with van der Waals surface area (Å²) >= 11 is 3.08. The van der Waals surface area contributed by atoms with Crippen molar-refractivity contribution in [2.45, 2.75) is 20.1 Å². The molecular formula is C17H16N4S2. The highest BCUT2D eigenvalue weighted by Crippen LogP contribution is 2.30. The van der Waals surface area contributed by atoms with Gasteiger partial charge in [-0.15, -0.1) is 0 Å². The van der Waals surface area contributed by atoms with Crippen molar-refractivity contribution in [3.05, 3.63) is 60.7 Å². The fourth-order valence-corrected chi connectivity index (χ4v) is 3.39. The lowest BCUT2D eigenvalue weighted by molar-refractivity contribution is 0.782. The predicted molar refractivity (Wildman–Crippen MR) is 95.3 cm³/mol.